The molecule has 0 aliphatic rings. The average molecular weight is 419 g/mol. The van der Waals surface area contributed by atoms with E-state index in [1.165, 1.54) is 6.07 Å². The number of aliphatic imine (C=N–C) groups is 1. The molecule has 2 rings (SSSR count). The average Bonchev–Trinajstić information content (AvgIpc) is 2.77. The number of halogens is 1. The summed E-state index contributed by atoms with van der Waals surface area (Å²) in [5.41, 5.74) is 0.649. The number of nitrogens with zero attached hydrogens (tertiary/aromatic N) is 2. The zero-order valence-electron chi connectivity index (χ0n) is 17.9. The number of hydrogen-bond acceptors (Lipinski definition) is 5. The van der Waals surface area contributed by atoms with Crippen LogP contribution < -0.4 is 19.5 Å². The maximum Gasteiger partial charge on any atom is 0.193 e. The van der Waals surface area contributed by atoms with E-state index in [-0.39, 0.29) is 18.9 Å². The first kappa shape index (κ1) is 23.3. The van der Waals surface area contributed by atoms with E-state index in [0.29, 0.717) is 36.1 Å². The molecule has 0 bridgehead atoms. The summed E-state index contributed by atoms with van der Waals surface area (Å²) in [5, 5.41) is 13.8. The van der Waals surface area contributed by atoms with Gasteiger partial charge in [0.2, 0.25) is 0 Å². The van der Waals surface area contributed by atoms with Crippen molar-refractivity contribution in [2.75, 3.05) is 47.5 Å². The molecule has 0 amide bonds. The fourth-order valence-electron chi connectivity index (χ4n) is 2.73. The molecule has 0 saturated carbocycles. The summed E-state index contributed by atoms with van der Waals surface area (Å²) in [6, 6.07) is 11.5. The van der Waals surface area contributed by atoms with Gasteiger partial charge in [0.15, 0.2) is 17.5 Å². The minimum Gasteiger partial charge on any atom is -0.497 e. The summed E-state index contributed by atoms with van der Waals surface area (Å²) in [6.45, 7) is 3.56. The Morgan fingerprint density at radius 2 is 1.83 bits per heavy atom. The molecule has 30 heavy (non-hydrogen) atoms. The fraction of sp³-hybridized carbons (Fsp3) is 0.409. The van der Waals surface area contributed by atoms with Gasteiger partial charge in [-0.15, -0.1) is 0 Å². The minimum absolute atomic E-state index is 0.150. The molecule has 8 heteroatoms. The van der Waals surface area contributed by atoms with Crippen LogP contribution >= 0.6 is 0 Å². The van der Waals surface area contributed by atoms with Crippen LogP contribution in [0, 0.1) is 5.82 Å². The molecule has 0 aliphatic heterocycles. The smallest absolute Gasteiger partial charge is 0.193 e. The first-order valence-corrected chi connectivity index (χ1v) is 9.76. The zero-order valence-corrected chi connectivity index (χ0v) is 17.9. The number of rotatable bonds is 10. The molecule has 0 aromatic heterocycles. The summed E-state index contributed by atoms with van der Waals surface area (Å²) in [7, 11) is 4.97. The van der Waals surface area contributed by atoms with Gasteiger partial charge in [-0.1, -0.05) is 12.1 Å². The molecule has 0 heterocycles. The van der Waals surface area contributed by atoms with E-state index in [2.05, 4.69) is 10.3 Å². The number of nitrogens with one attached hydrogen (secondary N) is 1. The van der Waals surface area contributed by atoms with Crippen LogP contribution in [-0.2, 0) is 0 Å². The van der Waals surface area contributed by atoms with Crippen LogP contribution in [0.1, 0.15) is 18.6 Å². The number of aliphatic hydroxyl groups is 1. The highest BCUT2D eigenvalue weighted by Gasteiger charge is 2.13. The summed E-state index contributed by atoms with van der Waals surface area (Å²) < 4.78 is 29.7. The van der Waals surface area contributed by atoms with Crippen molar-refractivity contribution in [1.82, 2.24) is 10.2 Å². The lowest BCUT2D eigenvalue weighted by molar-refractivity contribution is 0.185. The molecule has 1 unspecified atom stereocenters. The van der Waals surface area contributed by atoms with Gasteiger partial charge in [0.1, 0.15) is 18.1 Å². The van der Waals surface area contributed by atoms with Crippen molar-refractivity contribution < 1.29 is 23.7 Å². The second-order valence-corrected chi connectivity index (χ2v) is 6.56. The third kappa shape index (κ3) is 6.81. The van der Waals surface area contributed by atoms with Crippen LogP contribution in [0.15, 0.2) is 47.5 Å². The van der Waals surface area contributed by atoms with Gasteiger partial charge in [0.05, 0.1) is 33.4 Å². The van der Waals surface area contributed by atoms with E-state index < -0.39 is 11.9 Å². The Balaban J connectivity index is 1.99. The number of para-hydroxylation sites is 1. The van der Waals surface area contributed by atoms with Crippen LogP contribution in [0.2, 0.25) is 0 Å². The van der Waals surface area contributed by atoms with E-state index in [4.69, 9.17) is 14.2 Å². The molecule has 2 aromatic carbocycles. The Labute approximate surface area is 177 Å². The largest absolute Gasteiger partial charge is 0.497 e. The predicted octanol–water partition coefficient (Wildman–Crippen LogP) is 2.85. The number of likely N-dealkylation sites (N-methyl/N-ethyl adjacent to an activating group) is 1. The minimum atomic E-state index is -0.828. The first-order valence-electron chi connectivity index (χ1n) is 9.76. The molecule has 0 fully saturated rings. The highest BCUT2D eigenvalue weighted by Crippen LogP contribution is 2.26. The number of guanidine groups is 1. The molecular weight excluding hydrogens is 389 g/mol. The Morgan fingerprint density at radius 3 is 2.43 bits per heavy atom. The molecule has 0 saturated heterocycles. The number of hydrogen-bond donors (Lipinski definition) is 2. The maximum atomic E-state index is 13.7. The van der Waals surface area contributed by atoms with Crippen molar-refractivity contribution in [2.45, 2.75) is 13.0 Å². The van der Waals surface area contributed by atoms with Crippen molar-refractivity contribution in [3.63, 3.8) is 0 Å². The van der Waals surface area contributed by atoms with Gasteiger partial charge in [-0.05, 0) is 36.8 Å². The number of ether oxygens (including phenoxy) is 3. The molecule has 0 radical (unpaired) electrons. The normalized spacial score (nSPS) is 12.3. The molecule has 2 N–H and O–H groups in total. The van der Waals surface area contributed by atoms with Crippen LogP contribution in [0.25, 0.3) is 0 Å². The Kier molecular flexibility index (Phi) is 9.21. The van der Waals surface area contributed by atoms with Gasteiger partial charge < -0.3 is 29.5 Å². The molecule has 7 nitrogen and oxygen atoms in total. The lowest BCUT2D eigenvalue weighted by atomic mass is 10.1. The summed E-state index contributed by atoms with van der Waals surface area (Å²) in [6.07, 6.45) is -0.828. The van der Waals surface area contributed by atoms with Crippen molar-refractivity contribution in [2.24, 2.45) is 4.99 Å². The number of benzene rings is 2. The van der Waals surface area contributed by atoms with Crippen LogP contribution in [-0.4, -0.2) is 63.5 Å². The van der Waals surface area contributed by atoms with E-state index in [0.717, 1.165) is 0 Å². The second kappa shape index (κ2) is 11.9. The summed E-state index contributed by atoms with van der Waals surface area (Å²) in [5.74, 6) is 1.64. The molecule has 0 spiro atoms. The van der Waals surface area contributed by atoms with E-state index in [9.17, 15) is 9.50 Å². The number of aliphatic hydroxyl groups excluding tert-OH is 1. The molecule has 0 aliphatic carbocycles. The SMILES string of the molecule is CCNC(=NCC(O)c1cc(OC)cc(OC)c1)N(C)CCOc1ccccc1F. The van der Waals surface area contributed by atoms with Crippen molar-refractivity contribution in [3.05, 3.63) is 53.8 Å². The highest BCUT2D eigenvalue weighted by molar-refractivity contribution is 5.79. The Morgan fingerprint density at radius 1 is 1.17 bits per heavy atom. The quantitative estimate of drug-likeness (QED) is 0.456. The lowest BCUT2D eigenvalue weighted by Crippen LogP contribution is -2.41. The van der Waals surface area contributed by atoms with Crippen molar-refractivity contribution >= 4 is 5.96 Å². The van der Waals surface area contributed by atoms with Gasteiger partial charge in [-0.25, -0.2) is 4.39 Å². The van der Waals surface area contributed by atoms with E-state index >= 15 is 0 Å². The standard InChI is InChI=1S/C22H30FN3O4/c1-5-24-22(26(2)10-11-30-21-9-7-6-8-19(21)23)25-15-20(27)16-12-17(28-3)14-18(13-16)29-4/h6-9,12-14,20,27H,5,10-11,15H2,1-4H3,(H,24,25). The van der Waals surface area contributed by atoms with E-state index in [1.807, 2.05) is 18.9 Å². The van der Waals surface area contributed by atoms with Gasteiger partial charge in [-0.3, -0.25) is 4.99 Å². The maximum absolute atomic E-state index is 13.7. The highest BCUT2D eigenvalue weighted by atomic mass is 19.1. The lowest BCUT2D eigenvalue weighted by Gasteiger charge is -2.22. The van der Waals surface area contributed by atoms with Gasteiger partial charge in [0, 0.05) is 19.7 Å². The van der Waals surface area contributed by atoms with Crippen molar-refractivity contribution in [1.29, 1.82) is 0 Å². The third-order valence-electron chi connectivity index (χ3n) is 4.39. The Hall–Kier alpha value is -3.00. The van der Waals surface area contributed by atoms with Crippen LogP contribution in [0.4, 0.5) is 4.39 Å². The molecule has 164 valence electrons. The molecular formula is C22H30FN3O4. The first-order chi connectivity index (χ1) is 14.5. The summed E-state index contributed by atoms with van der Waals surface area (Å²) >= 11 is 0. The third-order valence-corrected chi connectivity index (χ3v) is 4.39. The second-order valence-electron chi connectivity index (χ2n) is 6.56. The fourth-order valence-corrected chi connectivity index (χ4v) is 2.73. The van der Waals surface area contributed by atoms with Gasteiger partial charge in [-0.2, -0.15) is 0 Å². The van der Waals surface area contributed by atoms with E-state index in [1.54, 1.807) is 50.6 Å². The summed E-state index contributed by atoms with van der Waals surface area (Å²) in [4.78, 5) is 6.38. The Bertz CT molecular complexity index is 810. The van der Waals surface area contributed by atoms with Crippen molar-refractivity contribution in [3.8, 4) is 17.2 Å². The molecule has 2 aromatic rings. The predicted molar refractivity (Wildman–Crippen MR) is 115 cm³/mol. The number of methoxy groups -OCH3 is 2. The zero-order chi connectivity index (χ0) is 21.9. The molecule has 1 atom stereocenters. The topological polar surface area (TPSA) is 75.6 Å². The van der Waals surface area contributed by atoms with Crippen LogP contribution in [0.5, 0.6) is 17.2 Å². The van der Waals surface area contributed by atoms with Crippen LogP contribution in [0.3, 0.4) is 0 Å². The monoisotopic (exact) mass is 419 g/mol. The van der Waals surface area contributed by atoms with Gasteiger partial charge >= 0.3 is 0 Å². The van der Waals surface area contributed by atoms with Gasteiger partial charge in [0.25, 0.3) is 0 Å².